The molecule has 0 unspecified atom stereocenters. The Morgan fingerprint density at radius 2 is 2.23 bits per heavy atom. The fourth-order valence-electron chi connectivity index (χ4n) is 1.58. The molecule has 1 heterocycles. The van der Waals surface area contributed by atoms with Gasteiger partial charge in [-0.25, -0.2) is 0 Å². The summed E-state index contributed by atoms with van der Waals surface area (Å²) in [7, 11) is 0. The smallest absolute Gasteiger partial charge is 0.158 e. The average molecular weight is 181 g/mol. The molecule has 0 atom stereocenters. The molecule has 72 valence electrons. The van der Waals surface area contributed by atoms with Crippen molar-refractivity contribution in [2.24, 2.45) is 0 Å². The topological polar surface area (TPSA) is 50.9 Å². The third-order valence-electron chi connectivity index (χ3n) is 2.39. The standard InChI is InChI=1S/C9H15N3O/c1-2-5-12-8(6-13)10-11-9(12)7-3-4-7/h7,13H,2-6H2,1H3. The van der Waals surface area contributed by atoms with E-state index in [1.807, 2.05) is 0 Å². The van der Waals surface area contributed by atoms with Crippen molar-refractivity contribution in [3.05, 3.63) is 11.6 Å². The van der Waals surface area contributed by atoms with E-state index in [1.54, 1.807) is 0 Å². The zero-order valence-electron chi connectivity index (χ0n) is 7.90. The van der Waals surface area contributed by atoms with Gasteiger partial charge < -0.3 is 9.67 Å². The summed E-state index contributed by atoms with van der Waals surface area (Å²) in [5, 5.41) is 17.1. The molecule has 0 aromatic carbocycles. The van der Waals surface area contributed by atoms with Crippen molar-refractivity contribution < 1.29 is 5.11 Å². The first kappa shape index (κ1) is 8.69. The molecule has 1 saturated carbocycles. The van der Waals surface area contributed by atoms with E-state index in [-0.39, 0.29) is 6.61 Å². The number of hydrogen-bond acceptors (Lipinski definition) is 3. The Bertz CT molecular complexity index is 291. The summed E-state index contributed by atoms with van der Waals surface area (Å²) >= 11 is 0. The highest BCUT2D eigenvalue weighted by atomic mass is 16.3. The van der Waals surface area contributed by atoms with Gasteiger partial charge >= 0.3 is 0 Å². The normalized spacial score (nSPS) is 16.5. The first-order valence-corrected chi connectivity index (χ1v) is 4.89. The van der Waals surface area contributed by atoms with Gasteiger partial charge in [0.05, 0.1) is 0 Å². The molecule has 1 aromatic heterocycles. The minimum atomic E-state index is -0.000278. The highest BCUT2D eigenvalue weighted by Gasteiger charge is 2.29. The maximum absolute atomic E-state index is 9.04. The quantitative estimate of drug-likeness (QED) is 0.755. The van der Waals surface area contributed by atoms with Crippen LogP contribution in [0, 0.1) is 0 Å². The van der Waals surface area contributed by atoms with Crippen LogP contribution in [0.4, 0.5) is 0 Å². The first-order chi connectivity index (χ1) is 6.36. The Balaban J connectivity index is 2.26. The van der Waals surface area contributed by atoms with E-state index in [1.165, 1.54) is 12.8 Å². The largest absolute Gasteiger partial charge is 0.388 e. The summed E-state index contributed by atoms with van der Waals surface area (Å²) < 4.78 is 2.07. The molecule has 1 N–H and O–H groups in total. The van der Waals surface area contributed by atoms with Crippen LogP contribution in [0.3, 0.4) is 0 Å². The monoisotopic (exact) mass is 181 g/mol. The molecule has 4 nitrogen and oxygen atoms in total. The number of aliphatic hydroxyl groups excluding tert-OH is 1. The Morgan fingerprint density at radius 1 is 1.46 bits per heavy atom. The van der Waals surface area contributed by atoms with Gasteiger partial charge in [0.25, 0.3) is 0 Å². The number of aliphatic hydroxyl groups is 1. The molecule has 0 spiro atoms. The van der Waals surface area contributed by atoms with Crippen LogP contribution in [0.1, 0.15) is 43.8 Å². The van der Waals surface area contributed by atoms with E-state index in [0.717, 1.165) is 18.8 Å². The first-order valence-electron chi connectivity index (χ1n) is 4.89. The van der Waals surface area contributed by atoms with Crippen LogP contribution < -0.4 is 0 Å². The molecule has 0 radical (unpaired) electrons. The van der Waals surface area contributed by atoms with E-state index in [2.05, 4.69) is 21.7 Å². The number of hydrogen-bond donors (Lipinski definition) is 1. The highest BCUT2D eigenvalue weighted by Crippen LogP contribution is 2.39. The van der Waals surface area contributed by atoms with Crippen LogP contribution in [0.5, 0.6) is 0 Å². The van der Waals surface area contributed by atoms with Crippen molar-refractivity contribution in [2.75, 3.05) is 0 Å². The summed E-state index contributed by atoms with van der Waals surface area (Å²) in [5.74, 6) is 2.40. The van der Waals surface area contributed by atoms with Gasteiger partial charge in [-0.15, -0.1) is 10.2 Å². The van der Waals surface area contributed by atoms with E-state index < -0.39 is 0 Å². The lowest BCUT2D eigenvalue weighted by Gasteiger charge is -2.05. The van der Waals surface area contributed by atoms with Gasteiger partial charge in [-0.2, -0.15) is 0 Å². The third-order valence-corrected chi connectivity index (χ3v) is 2.39. The molecular weight excluding hydrogens is 166 g/mol. The second-order valence-corrected chi connectivity index (χ2v) is 3.56. The minimum Gasteiger partial charge on any atom is -0.388 e. The summed E-state index contributed by atoms with van der Waals surface area (Å²) in [4.78, 5) is 0. The van der Waals surface area contributed by atoms with Crippen LogP contribution in [0.2, 0.25) is 0 Å². The molecule has 0 aliphatic heterocycles. The van der Waals surface area contributed by atoms with Gasteiger partial charge in [0.2, 0.25) is 0 Å². The lowest BCUT2D eigenvalue weighted by Crippen LogP contribution is -2.06. The molecule has 13 heavy (non-hydrogen) atoms. The lowest BCUT2D eigenvalue weighted by atomic mass is 10.3. The predicted molar refractivity (Wildman–Crippen MR) is 48.2 cm³/mol. The molecule has 2 rings (SSSR count). The molecule has 0 bridgehead atoms. The van der Waals surface area contributed by atoms with Crippen LogP contribution in [0.15, 0.2) is 0 Å². The van der Waals surface area contributed by atoms with E-state index in [9.17, 15) is 0 Å². The number of nitrogens with zero attached hydrogens (tertiary/aromatic N) is 3. The van der Waals surface area contributed by atoms with Crippen molar-refractivity contribution in [1.82, 2.24) is 14.8 Å². The van der Waals surface area contributed by atoms with Crippen LogP contribution >= 0.6 is 0 Å². The van der Waals surface area contributed by atoms with Crippen LogP contribution in [-0.2, 0) is 13.2 Å². The van der Waals surface area contributed by atoms with Crippen molar-refractivity contribution in [2.45, 2.75) is 45.3 Å². The molecule has 1 aromatic rings. The van der Waals surface area contributed by atoms with Gasteiger partial charge in [-0.05, 0) is 19.3 Å². The summed E-state index contributed by atoms with van der Waals surface area (Å²) in [6, 6.07) is 0. The summed E-state index contributed by atoms with van der Waals surface area (Å²) in [6.07, 6.45) is 3.52. The Labute approximate surface area is 77.6 Å². The van der Waals surface area contributed by atoms with Gasteiger partial charge in [-0.3, -0.25) is 0 Å². The van der Waals surface area contributed by atoms with Gasteiger partial charge in [-0.1, -0.05) is 6.92 Å². The van der Waals surface area contributed by atoms with E-state index >= 15 is 0 Å². The number of rotatable bonds is 4. The highest BCUT2D eigenvalue weighted by molar-refractivity contribution is 5.08. The second kappa shape index (κ2) is 3.46. The lowest BCUT2D eigenvalue weighted by molar-refractivity contribution is 0.264. The van der Waals surface area contributed by atoms with Crippen molar-refractivity contribution in [3.63, 3.8) is 0 Å². The predicted octanol–water partition coefficient (Wildman–Crippen LogP) is 1.06. The Kier molecular flexibility index (Phi) is 2.31. The SMILES string of the molecule is CCCn1c(CO)nnc1C1CC1. The van der Waals surface area contributed by atoms with Crippen molar-refractivity contribution >= 4 is 0 Å². The van der Waals surface area contributed by atoms with E-state index in [0.29, 0.717) is 11.7 Å². The fourth-order valence-corrected chi connectivity index (χ4v) is 1.58. The fraction of sp³-hybridized carbons (Fsp3) is 0.778. The summed E-state index contributed by atoms with van der Waals surface area (Å²) in [5.41, 5.74) is 0. The maximum atomic E-state index is 9.04. The molecule has 0 saturated heterocycles. The summed E-state index contributed by atoms with van der Waals surface area (Å²) in [6.45, 7) is 3.05. The van der Waals surface area contributed by atoms with Crippen molar-refractivity contribution in [3.8, 4) is 0 Å². The Morgan fingerprint density at radius 3 is 2.77 bits per heavy atom. The van der Waals surface area contributed by atoms with Gasteiger partial charge in [0.15, 0.2) is 5.82 Å². The molecule has 1 aliphatic carbocycles. The molecule has 4 heteroatoms. The van der Waals surface area contributed by atoms with E-state index in [4.69, 9.17) is 5.11 Å². The minimum absolute atomic E-state index is 0.000278. The van der Waals surface area contributed by atoms with Crippen molar-refractivity contribution in [1.29, 1.82) is 0 Å². The molecule has 1 fully saturated rings. The zero-order valence-corrected chi connectivity index (χ0v) is 7.90. The van der Waals surface area contributed by atoms with Crippen LogP contribution in [-0.4, -0.2) is 19.9 Å². The third kappa shape index (κ3) is 1.58. The molecular formula is C9H15N3O. The number of aromatic nitrogens is 3. The molecule has 0 amide bonds. The maximum Gasteiger partial charge on any atom is 0.158 e. The Hall–Kier alpha value is -0.900. The second-order valence-electron chi connectivity index (χ2n) is 3.56. The van der Waals surface area contributed by atoms with Gasteiger partial charge in [0.1, 0.15) is 12.4 Å². The van der Waals surface area contributed by atoms with Crippen LogP contribution in [0.25, 0.3) is 0 Å². The molecule has 1 aliphatic rings. The average Bonchev–Trinajstić information content (AvgIpc) is 2.90. The zero-order chi connectivity index (χ0) is 9.26. The van der Waals surface area contributed by atoms with Gasteiger partial charge in [0, 0.05) is 12.5 Å².